The number of likely N-dealkylation sites (tertiary alicyclic amines) is 1. The number of carbonyl (C=O) groups excluding carboxylic acids is 1. The average molecular weight is 346 g/mol. The zero-order valence-corrected chi connectivity index (χ0v) is 13.9. The predicted molar refractivity (Wildman–Crippen MR) is 81.3 cm³/mol. The van der Waals surface area contributed by atoms with E-state index >= 15 is 0 Å². The van der Waals surface area contributed by atoms with Crippen LogP contribution in [-0.2, 0) is 4.74 Å². The van der Waals surface area contributed by atoms with Crippen LogP contribution in [0.15, 0.2) is 12.4 Å². The van der Waals surface area contributed by atoms with E-state index in [4.69, 9.17) is 4.74 Å². The van der Waals surface area contributed by atoms with Gasteiger partial charge in [-0.05, 0) is 27.2 Å². The number of anilines is 1. The van der Waals surface area contributed by atoms with Gasteiger partial charge in [-0.1, -0.05) is 0 Å². The van der Waals surface area contributed by atoms with Gasteiger partial charge >= 0.3 is 6.09 Å². The first-order valence-electron chi connectivity index (χ1n) is 7.64. The van der Waals surface area contributed by atoms with Crippen molar-refractivity contribution in [2.45, 2.75) is 38.7 Å². The Morgan fingerprint density at radius 2 is 2.04 bits per heavy atom. The van der Waals surface area contributed by atoms with E-state index in [1.807, 2.05) is 0 Å². The highest BCUT2D eigenvalue weighted by molar-refractivity contribution is 5.68. The van der Waals surface area contributed by atoms with Crippen LogP contribution in [0.25, 0.3) is 0 Å². The Labute approximate surface area is 138 Å². The van der Waals surface area contributed by atoms with E-state index in [1.54, 1.807) is 20.8 Å². The van der Waals surface area contributed by atoms with Crippen LogP contribution in [0.1, 0.15) is 27.2 Å². The van der Waals surface area contributed by atoms with Gasteiger partial charge in [0, 0.05) is 19.0 Å². The molecule has 0 aliphatic carbocycles. The second kappa shape index (κ2) is 6.82. The first kappa shape index (κ1) is 18.3. The Balaban J connectivity index is 1.91. The molecule has 1 saturated heterocycles. The number of nitrogens with zero attached hydrogens (tertiary/aromatic N) is 3. The molecule has 1 aliphatic heterocycles. The third-order valence-electron chi connectivity index (χ3n) is 3.53. The number of carbonyl (C=O) groups is 1. The molecule has 0 radical (unpaired) electrons. The summed E-state index contributed by atoms with van der Waals surface area (Å²) in [6.45, 7) is 4.47. The summed E-state index contributed by atoms with van der Waals surface area (Å²) in [6.07, 6.45) is 1.29. The van der Waals surface area contributed by atoms with Crippen molar-refractivity contribution in [3.05, 3.63) is 18.2 Å². The zero-order valence-electron chi connectivity index (χ0n) is 13.9. The Hall–Kier alpha value is -2.06. The summed E-state index contributed by atoms with van der Waals surface area (Å²) in [5.74, 6) is -4.56. The number of hydrogen-bond donors (Lipinski definition) is 1. The normalized spacial score (nSPS) is 20.6. The summed E-state index contributed by atoms with van der Waals surface area (Å²) in [5.41, 5.74) is -0.731. The molecule has 9 heteroatoms. The molecule has 134 valence electrons. The molecule has 0 unspecified atom stereocenters. The number of nitrogens with one attached hydrogen (secondary N) is 1. The third kappa shape index (κ3) is 4.97. The molecule has 1 amide bonds. The molecule has 6 nitrogen and oxygen atoms in total. The number of alkyl halides is 2. The fourth-order valence-corrected chi connectivity index (χ4v) is 2.34. The number of halogens is 3. The van der Waals surface area contributed by atoms with Crippen molar-refractivity contribution in [1.82, 2.24) is 14.9 Å². The maximum absolute atomic E-state index is 14.3. The molecule has 0 bridgehead atoms. The Bertz CT molecular complexity index is 575. The summed E-state index contributed by atoms with van der Waals surface area (Å²) in [4.78, 5) is 20.3. The van der Waals surface area contributed by atoms with Gasteiger partial charge in [0.1, 0.15) is 5.60 Å². The summed E-state index contributed by atoms with van der Waals surface area (Å²) < 4.78 is 46.4. The van der Waals surface area contributed by atoms with E-state index in [-0.39, 0.29) is 25.5 Å². The minimum atomic E-state index is -3.07. The van der Waals surface area contributed by atoms with Gasteiger partial charge in [-0.2, -0.15) is 0 Å². The van der Waals surface area contributed by atoms with Gasteiger partial charge in [-0.25, -0.2) is 27.9 Å². The van der Waals surface area contributed by atoms with Crippen LogP contribution in [0, 0.1) is 11.7 Å². The van der Waals surface area contributed by atoms with Gasteiger partial charge < -0.3 is 15.0 Å². The molecule has 1 aliphatic rings. The molecule has 24 heavy (non-hydrogen) atoms. The average Bonchev–Trinajstić information content (AvgIpc) is 2.45. The van der Waals surface area contributed by atoms with Crippen molar-refractivity contribution < 1.29 is 22.7 Å². The number of ether oxygens (including phenoxy) is 1. The molecular weight excluding hydrogens is 325 g/mol. The molecule has 2 rings (SSSR count). The third-order valence-corrected chi connectivity index (χ3v) is 3.53. The quantitative estimate of drug-likeness (QED) is 0.911. The first-order chi connectivity index (χ1) is 11.1. The number of aromatic nitrogens is 2. The number of amides is 1. The molecule has 1 N–H and O–H groups in total. The van der Waals surface area contributed by atoms with Crippen molar-refractivity contribution >= 4 is 12.0 Å². The highest BCUT2D eigenvalue weighted by atomic mass is 19.3. The van der Waals surface area contributed by atoms with E-state index in [0.717, 1.165) is 17.3 Å². The standard InChI is InChI=1S/C15H21F3N4O2/c1-14(2,3)24-13(23)22-5-4-10(15(17,18)9-22)6-19-12-20-7-11(16)8-21-12/h7-8,10H,4-6,9H2,1-3H3,(H,19,20,21)/t10-/m1/s1. The predicted octanol–water partition coefficient (Wildman–Crippen LogP) is 2.92. The van der Waals surface area contributed by atoms with Crippen molar-refractivity contribution in [3.8, 4) is 0 Å². The van der Waals surface area contributed by atoms with Gasteiger partial charge in [0.15, 0.2) is 5.82 Å². The van der Waals surface area contributed by atoms with Gasteiger partial charge in [0.25, 0.3) is 5.92 Å². The minimum absolute atomic E-state index is 0.0687. The molecule has 1 aromatic heterocycles. The Morgan fingerprint density at radius 3 is 2.58 bits per heavy atom. The van der Waals surface area contributed by atoms with Crippen molar-refractivity contribution in [3.63, 3.8) is 0 Å². The van der Waals surface area contributed by atoms with Crippen molar-refractivity contribution in [2.75, 3.05) is 25.0 Å². The van der Waals surface area contributed by atoms with Crippen LogP contribution in [0.5, 0.6) is 0 Å². The summed E-state index contributed by atoms with van der Waals surface area (Å²) in [5, 5.41) is 2.68. The molecule has 0 aromatic carbocycles. The van der Waals surface area contributed by atoms with E-state index in [0.29, 0.717) is 0 Å². The largest absolute Gasteiger partial charge is 0.444 e. The lowest BCUT2D eigenvalue weighted by atomic mass is 9.93. The monoisotopic (exact) mass is 346 g/mol. The summed E-state index contributed by atoms with van der Waals surface area (Å²) in [6, 6.07) is 0. The zero-order chi connectivity index (χ0) is 18.0. The Morgan fingerprint density at radius 1 is 1.42 bits per heavy atom. The molecular formula is C15H21F3N4O2. The first-order valence-corrected chi connectivity index (χ1v) is 7.64. The van der Waals surface area contributed by atoms with E-state index in [1.165, 1.54) is 0 Å². The Kier molecular flexibility index (Phi) is 5.19. The fourth-order valence-electron chi connectivity index (χ4n) is 2.34. The lowest BCUT2D eigenvalue weighted by Gasteiger charge is -2.38. The van der Waals surface area contributed by atoms with Gasteiger partial charge in [-0.3, -0.25) is 0 Å². The smallest absolute Gasteiger partial charge is 0.410 e. The van der Waals surface area contributed by atoms with Crippen LogP contribution in [-0.4, -0.2) is 52.1 Å². The SMILES string of the molecule is CC(C)(C)OC(=O)N1CC[C@H](CNc2ncc(F)cn2)C(F)(F)C1. The van der Waals surface area contributed by atoms with Crippen LogP contribution in [0.3, 0.4) is 0 Å². The maximum atomic E-state index is 14.3. The molecule has 0 spiro atoms. The molecule has 1 fully saturated rings. The highest BCUT2D eigenvalue weighted by Gasteiger charge is 2.46. The maximum Gasteiger partial charge on any atom is 0.410 e. The van der Waals surface area contributed by atoms with Crippen LogP contribution in [0.2, 0.25) is 0 Å². The topological polar surface area (TPSA) is 67.3 Å². The lowest BCUT2D eigenvalue weighted by Crippen LogP contribution is -2.53. The van der Waals surface area contributed by atoms with E-state index in [2.05, 4.69) is 15.3 Å². The highest BCUT2D eigenvalue weighted by Crippen LogP contribution is 2.33. The number of rotatable bonds is 3. The van der Waals surface area contributed by atoms with Crippen molar-refractivity contribution in [1.29, 1.82) is 0 Å². The van der Waals surface area contributed by atoms with Gasteiger partial charge in [0.2, 0.25) is 5.95 Å². The second-order valence-electron chi connectivity index (χ2n) is 6.75. The molecule has 2 heterocycles. The minimum Gasteiger partial charge on any atom is -0.444 e. The number of hydrogen-bond acceptors (Lipinski definition) is 5. The van der Waals surface area contributed by atoms with Crippen LogP contribution >= 0.6 is 0 Å². The molecule has 1 aromatic rings. The molecule has 0 saturated carbocycles. The second-order valence-corrected chi connectivity index (χ2v) is 6.75. The molecule has 1 atom stereocenters. The lowest BCUT2D eigenvalue weighted by molar-refractivity contribution is -0.106. The van der Waals surface area contributed by atoms with Gasteiger partial charge in [0.05, 0.1) is 18.9 Å². The van der Waals surface area contributed by atoms with Gasteiger partial charge in [-0.15, -0.1) is 0 Å². The summed E-state index contributed by atoms with van der Waals surface area (Å²) in [7, 11) is 0. The van der Waals surface area contributed by atoms with E-state index < -0.39 is 35.9 Å². The van der Waals surface area contributed by atoms with Crippen molar-refractivity contribution in [2.24, 2.45) is 5.92 Å². The van der Waals surface area contributed by atoms with E-state index in [9.17, 15) is 18.0 Å². The van der Waals surface area contributed by atoms with Crippen LogP contribution in [0.4, 0.5) is 23.9 Å². The number of piperidine rings is 1. The summed E-state index contributed by atoms with van der Waals surface area (Å²) >= 11 is 0. The van der Waals surface area contributed by atoms with Crippen LogP contribution < -0.4 is 5.32 Å². The fraction of sp³-hybridized carbons (Fsp3) is 0.667.